The molecule has 2 aromatic rings. The van der Waals surface area contributed by atoms with Gasteiger partial charge in [0.2, 0.25) is 0 Å². The van der Waals surface area contributed by atoms with Crippen LogP contribution < -0.4 is 5.73 Å². The van der Waals surface area contributed by atoms with E-state index in [-0.39, 0.29) is 6.01 Å². The molecule has 2 rings (SSSR count). The van der Waals surface area contributed by atoms with Gasteiger partial charge in [-0.25, -0.2) is 0 Å². The second-order valence-corrected chi connectivity index (χ2v) is 3.58. The van der Waals surface area contributed by atoms with Crippen molar-refractivity contribution in [1.82, 2.24) is 4.98 Å². The molecular formula is C7H4BrClN2O. The Morgan fingerprint density at radius 1 is 1.50 bits per heavy atom. The third kappa shape index (κ3) is 1.17. The Balaban J connectivity index is 2.88. The summed E-state index contributed by atoms with van der Waals surface area (Å²) in [5, 5.41) is 0.600. The van der Waals surface area contributed by atoms with Gasteiger partial charge in [0, 0.05) is 5.02 Å². The van der Waals surface area contributed by atoms with Crippen molar-refractivity contribution in [2.45, 2.75) is 0 Å². The number of nitrogen functional groups attached to an aromatic ring is 1. The van der Waals surface area contributed by atoms with Gasteiger partial charge in [-0.2, -0.15) is 4.98 Å². The number of halogens is 2. The van der Waals surface area contributed by atoms with Crippen molar-refractivity contribution in [3.8, 4) is 0 Å². The zero-order valence-electron chi connectivity index (χ0n) is 5.84. The number of benzene rings is 1. The summed E-state index contributed by atoms with van der Waals surface area (Å²) < 4.78 is 5.87. The van der Waals surface area contributed by atoms with Crippen molar-refractivity contribution >= 4 is 44.6 Å². The van der Waals surface area contributed by atoms with E-state index >= 15 is 0 Å². The Morgan fingerprint density at radius 3 is 3.00 bits per heavy atom. The van der Waals surface area contributed by atoms with Crippen LogP contribution in [0.4, 0.5) is 6.01 Å². The molecule has 0 aliphatic heterocycles. The molecule has 0 amide bonds. The first kappa shape index (κ1) is 7.89. The molecule has 12 heavy (non-hydrogen) atoms. The molecule has 3 nitrogen and oxygen atoms in total. The van der Waals surface area contributed by atoms with Gasteiger partial charge in [0.15, 0.2) is 5.58 Å². The van der Waals surface area contributed by atoms with Gasteiger partial charge in [0.1, 0.15) is 5.52 Å². The molecule has 0 unspecified atom stereocenters. The molecule has 0 atom stereocenters. The fraction of sp³-hybridized carbons (Fsp3) is 0. The summed E-state index contributed by atoms with van der Waals surface area (Å²) in [6.45, 7) is 0. The summed E-state index contributed by atoms with van der Waals surface area (Å²) in [5.74, 6) is 0. The van der Waals surface area contributed by atoms with Crippen LogP contribution in [-0.4, -0.2) is 4.98 Å². The molecule has 1 aromatic heterocycles. The van der Waals surface area contributed by atoms with Crippen molar-refractivity contribution in [1.29, 1.82) is 0 Å². The summed E-state index contributed by atoms with van der Waals surface area (Å²) in [6, 6.07) is 3.57. The van der Waals surface area contributed by atoms with E-state index in [2.05, 4.69) is 20.9 Å². The molecule has 1 aromatic carbocycles. The highest BCUT2D eigenvalue weighted by Gasteiger charge is 2.07. The smallest absolute Gasteiger partial charge is 0.293 e. The van der Waals surface area contributed by atoms with E-state index < -0.39 is 0 Å². The number of nitrogens with zero attached hydrogens (tertiary/aromatic N) is 1. The van der Waals surface area contributed by atoms with Crippen LogP contribution in [0, 0.1) is 0 Å². The quantitative estimate of drug-likeness (QED) is 0.779. The molecule has 0 fully saturated rings. The average molecular weight is 247 g/mol. The molecule has 2 N–H and O–H groups in total. The Hall–Kier alpha value is -0.740. The maximum Gasteiger partial charge on any atom is 0.293 e. The number of nitrogens with two attached hydrogens (primary N) is 1. The van der Waals surface area contributed by atoms with Gasteiger partial charge < -0.3 is 10.2 Å². The van der Waals surface area contributed by atoms with E-state index in [1.54, 1.807) is 12.1 Å². The number of anilines is 1. The minimum Gasteiger partial charge on any atom is -0.422 e. The molecular weight excluding hydrogens is 243 g/mol. The lowest BCUT2D eigenvalue weighted by atomic mass is 10.3. The molecule has 1 heterocycles. The van der Waals surface area contributed by atoms with Gasteiger partial charge in [-0.1, -0.05) is 11.6 Å². The van der Waals surface area contributed by atoms with Crippen LogP contribution in [-0.2, 0) is 0 Å². The molecule has 62 valence electrons. The number of oxazole rings is 1. The van der Waals surface area contributed by atoms with Crippen molar-refractivity contribution < 1.29 is 4.42 Å². The van der Waals surface area contributed by atoms with E-state index in [1.807, 2.05) is 0 Å². The highest BCUT2D eigenvalue weighted by Crippen LogP contribution is 2.29. The summed E-state index contributed by atoms with van der Waals surface area (Å²) >= 11 is 9.07. The fourth-order valence-electron chi connectivity index (χ4n) is 0.977. The van der Waals surface area contributed by atoms with Crippen LogP contribution in [0.1, 0.15) is 0 Å². The Kier molecular flexibility index (Phi) is 1.73. The van der Waals surface area contributed by atoms with E-state index in [0.717, 1.165) is 4.47 Å². The Morgan fingerprint density at radius 2 is 2.25 bits per heavy atom. The van der Waals surface area contributed by atoms with Crippen LogP contribution in [0.5, 0.6) is 0 Å². The van der Waals surface area contributed by atoms with Crippen LogP contribution in [0.3, 0.4) is 0 Å². The lowest BCUT2D eigenvalue weighted by Crippen LogP contribution is -1.80. The summed E-state index contributed by atoms with van der Waals surface area (Å²) in [4.78, 5) is 3.93. The Bertz CT molecular complexity index is 440. The first-order valence-electron chi connectivity index (χ1n) is 3.18. The molecule has 0 radical (unpaired) electrons. The Labute approximate surface area is 81.6 Å². The van der Waals surface area contributed by atoms with E-state index in [4.69, 9.17) is 21.8 Å². The summed E-state index contributed by atoms with van der Waals surface area (Å²) in [6.07, 6.45) is 0. The second-order valence-electron chi connectivity index (χ2n) is 2.29. The van der Waals surface area contributed by atoms with E-state index in [0.29, 0.717) is 16.1 Å². The van der Waals surface area contributed by atoms with Crippen LogP contribution >= 0.6 is 27.5 Å². The number of rotatable bonds is 0. The minimum atomic E-state index is 0.146. The SMILES string of the molecule is Nc1nc2cc(Cl)cc(Br)c2o1. The third-order valence-electron chi connectivity index (χ3n) is 1.43. The number of hydrogen-bond acceptors (Lipinski definition) is 3. The lowest BCUT2D eigenvalue weighted by molar-refractivity contribution is 0.624. The van der Waals surface area contributed by atoms with Crippen LogP contribution in [0.15, 0.2) is 21.0 Å². The zero-order valence-corrected chi connectivity index (χ0v) is 8.19. The van der Waals surface area contributed by atoms with Gasteiger partial charge in [-0.3, -0.25) is 0 Å². The molecule has 0 aliphatic rings. The first-order valence-corrected chi connectivity index (χ1v) is 4.35. The van der Waals surface area contributed by atoms with Crippen molar-refractivity contribution in [3.05, 3.63) is 21.6 Å². The summed E-state index contributed by atoms with van der Waals surface area (Å²) in [7, 11) is 0. The van der Waals surface area contributed by atoms with E-state index in [1.165, 1.54) is 0 Å². The van der Waals surface area contributed by atoms with Crippen molar-refractivity contribution in [3.63, 3.8) is 0 Å². The normalized spacial score (nSPS) is 10.8. The van der Waals surface area contributed by atoms with Gasteiger partial charge >= 0.3 is 0 Å². The molecule has 0 saturated heterocycles. The lowest BCUT2D eigenvalue weighted by Gasteiger charge is -1.91. The first-order chi connectivity index (χ1) is 5.66. The zero-order chi connectivity index (χ0) is 8.72. The minimum absolute atomic E-state index is 0.146. The fourth-order valence-corrected chi connectivity index (χ4v) is 1.85. The van der Waals surface area contributed by atoms with Gasteiger partial charge in [0.25, 0.3) is 6.01 Å². The molecule has 0 bridgehead atoms. The van der Waals surface area contributed by atoms with E-state index in [9.17, 15) is 0 Å². The summed E-state index contributed by atoms with van der Waals surface area (Å²) in [5.41, 5.74) is 6.65. The predicted octanol–water partition coefficient (Wildman–Crippen LogP) is 2.83. The molecule has 0 spiro atoms. The monoisotopic (exact) mass is 246 g/mol. The molecule has 0 saturated carbocycles. The third-order valence-corrected chi connectivity index (χ3v) is 2.23. The second kappa shape index (κ2) is 2.64. The highest BCUT2D eigenvalue weighted by molar-refractivity contribution is 9.10. The van der Waals surface area contributed by atoms with Crippen molar-refractivity contribution in [2.75, 3.05) is 5.73 Å². The van der Waals surface area contributed by atoms with Crippen LogP contribution in [0.2, 0.25) is 5.02 Å². The number of hydrogen-bond donors (Lipinski definition) is 1. The topological polar surface area (TPSA) is 52.0 Å². The van der Waals surface area contributed by atoms with Crippen LogP contribution in [0.25, 0.3) is 11.1 Å². The molecule has 5 heteroatoms. The average Bonchev–Trinajstić information content (AvgIpc) is 2.29. The maximum atomic E-state index is 5.78. The largest absolute Gasteiger partial charge is 0.422 e. The van der Waals surface area contributed by atoms with Gasteiger partial charge in [-0.05, 0) is 28.1 Å². The van der Waals surface area contributed by atoms with Gasteiger partial charge in [-0.15, -0.1) is 0 Å². The molecule has 0 aliphatic carbocycles. The standard InChI is InChI=1S/C7H4BrClN2O/c8-4-1-3(9)2-5-6(4)12-7(10)11-5/h1-2H,(H2,10,11). The highest BCUT2D eigenvalue weighted by atomic mass is 79.9. The number of fused-ring (bicyclic) bond motifs is 1. The maximum absolute atomic E-state index is 5.78. The van der Waals surface area contributed by atoms with Gasteiger partial charge in [0.05, 0.1) is 4.47 Å². The van der Waals surface area contributed by atoms with Crippen molar-refractivity contribution in [2.24, 2.45) is 0 Å². The number of aromatic nitrogens is 1. The predicted molar refractivity (Wildman–Crippen MR) is 51.1 cm³/mol.